The summed E-state index contributed by atoms with van der Waals surface area (Å²) in [6.45, 7) is 9.63. The molecule has 0 N–H and O–H groups in total. The van der Waals surface area contributed by atoms with E-state index in [1.807, 2.05) is 0 Å². The molecule has 2 nitrogen and oxygen atoms in total. The van der Waals surface area contributed by atoms with Crippen molar-refractivity contribution in [3.05, 3.63) is 287 Å². The summed E-state index contributed by atoms with van der Waals surface area (Å²) in [5.41, 5.74) is 27.7. The van der Waals surface area contributed by atoms with E-state index >= 15 is 0 Å². The van der Waals surface area contributed by atoms with Gasteiger partial charge in [-0.3, -0.25) is 0 Å². The first kappa shape index (κ1) is 45.9. The molecular formula is C76H56N2. The SMILES string of the molecule is CC1(C)c2cc(-c3ccc(/C=C/c4ccc5c(c4)c4ccccc4n5-c4ccccc4)cc3)ccc2-c2cc3c(cc21)-c1ccc(-c2ccc(/C=C/c4ccc5c(c4)c4ccccc4n5-c4ccccc4)cc2)cc1C3(C)C. The molecule has 2 aliphatic rings. The third-order valence-corrected chi connectivity index (χ3v) is 17.3. The molecule has 2 aliphatic carbocycles. The molecule has 0 saturated heterocycles. The van der Waals surface area contributed by atoms with Crippen LogP contribution in [0.25, 0.3) is 124 Å². The normalized spacial score (nSPS) is 14.0. The number of hydrogen-bond donors (Lipinski definition) is 0. The minimum atomic E-state index is -0.147. The maximum atomic E-state index is 2.53. The lowest BCUT2D eigenvalue weighted by Gasteiger charge is -2.24. The highest BCUT2D eigenvalue weighted by Crippen LogP contribution is 2.57. The summed E-state index contributed by atoms with van der Waals surface area (Å²) in [6.07, 6.45) is 8.94. The lowest BCUT2D eigenvalue weighted by Crippen LogP contribution is -2.17. The van der Waals surface area contributed by atoms with E-state index in [9.17, 15) is 0 Å². The second-order valence-electron chi connectivity index (χ2n) is 22.6. The number of fused-ring (bicyclic) bond motifs is 12. The molecule has 13 aromatic rings. The maximum absolute atomic E-state index is 2.53. The lowest BCUT2D eigenvalue weighted by atomic mass is 9.79. The van der Waals surface area contributed by atoms with Gasteiger partial charge >= 0.3 is 0 Å². The van der Waals surface area contributed by atoms with E-state index in [4.69, 9.17) is 0 Å². The van der Waals surface area contributed by atoms with Crippen LogP contribution in [-0.4, -0.2) is 9.13 Å². The topological polar surface area (TPSA) is 9.86 Å². The van der Waals surface area contributed by atoms with Crippen molar-refractivity contribution < 1.29 is 0 Å². The van der Waals surface area contributed by atoms with Crippen LogP contribution in [0, 0.1) is 0 Å². The number of nitrogens with zero attached hydrogens (tertiary/aromatic N) is 2. The Balaban J connectivity index is 0.664. The van der Waals surface area contributed by atoms with Gasteiger partial charge in [0.1, 0.15) is 0 Å². The molecule has 370 valence electrons. The summed E-state index contributed by atoms with van der Waals surface area (Å²) in [4.78, 5) is 0. The second kappa shape index (κ2) is 17.5. The molecule has 0 bridgehead atoms. The predicted molar refractivity (Wildman–Crippen MR) is 332 cm³/mol. The van der Waals surface area contributed by atoms with E-state index < -0.39 is 0 Å². The van der Waals surface area contributed by atoms with Crippen LogP contribution in [0.2, 0.25) is 0 Å². The number of hydrogen-bond acceptors (Lipinski definition) is 0. The number of benzene rings is 11. The van der Waals surface area contributed by atoms with Crippen molar-refractivity contribution in [2.24, 2.45) is 0 Å². The standard InChI is InChI=1S/C76H56N2/c1-75(2)67-45-55(53-33-27-49(28-34-53)23-25-51-31-41-73-65(43-51)61-19-11-13-21-71(61)77(73)57-15-7-5-8-16-57)37-39-59(67)63-48-70-64(47-69(63)75)60-40-38-56(46-68(60)76(70,3)4)54-35-29-50(30-36-54)24-26-52-32-42-74-66(44-52)62-20-12-14-22-72(62)78(74)58-17-9-6-10-18-58/h5-48H,1-4H3/b25-23+,26-24+. The Morgan fingerprint density at radius 2 is 0.590 bits per heavy atom. The highest BCUT2D eigenvalue weighted by Gasteiger charge is 2.42. The van der Waals surface area contributed by atoms with Crippen molar-refractivity contribution >= 4 is 67.9 Å². The molecular weight excluding hydrogens is 941 g/mol. The van der Waals surface area contributed by atoms with Gasteiger partial charge in [0.25, 0.3) is 0 Å². The third kappa shape index (κ3) is 7.24. The minimum Gasteiger partial charge on any atom is -0.309 e. The van der Waals surface area contributed by atoms with E-state index in [0.29, 0.717) is 0 Å². The van der Waals surface area contributed by atoms with Crippen molar-refractivity contribution in [1.82, 2.24) is 9.13 Å². The first-order valence-corrected chi connectivity index (χ1v) is 27.4. The molecule has 0 unspecified atom stereocenters. The van der Waals surface area contributed by atoms with Crippen LogP contribution < -0.4 is 0 Å². The predicted octanol–water partition coefficient (Wildman–Crippen LogP) is 20.2. The van der Waals surface area contributed by atoms with Gasteiger partial charge in [0, 0.05) is 43.7 Å². The van der Waals surface area contributed by atoms with Gasteiger partial charge in [-0.25, -0.2) is 0 Å². The van der Waals surface area contributed by atoms with Gasteiger partial charge in [0.2, 0.25) is 0 Å². The Kier molecular flexibility index (Phi) is 10.3. The first-order valence-electron chi connectivity index (χ1n) is 27.4. The first-order chi connectivity index (χ1) is 38.2. The lowest BCUT2D eigenvalue weighted by molar-refractivity contribution is 0.652. The molecule has 2 heterocycles. The van der Waals surface area contributed by atoms with Gasteiger partial charge in [-0.05, 0) is 174 Å². The van der Waals surface area contributed by atoms with Gasteiger partial charge in [-0.15, -0.1) is 0 Å². The minimum absolute atomic E-state index is 0.147. The zero-order valence-corrected chi connectivity index (χ0v) is 44.3. The van der Waals surface area contributed by atoms with Crippen LogP contribution in [0.4, 0.5) is 0 Å². The van der Waals surface area contributed by atoms with Crippen LogP contribution >= 0.6 is 0 Å². The van der Waals surface area contributed by atoms with Gasteiger partial charge in [-0.2, -0.15) is 0 Å². The number of para-hydroxylation sites is 4. The fraction of sp³-hybridized carbons (Fsp3) is 0.0789. The average molecular weight is 997 g/mol. The Hall–Kier alpha value is -9.50. The molecule has 11 aromatic carbocycles. The van der Waals surface area contributed by atoms with Gasteiger partial charge < -0.3 is 9.13 Å². The number of aromatic nitrogens is 2. The fourth-order valence-corrected chi connectivity index (χ4v) is 13.2. The molecule has 0 saturated carbocycles. The van der Waals surface area contributed by atoms with E-state index in [1.165, 1.54) is 144 Å². The Bertz CT molecular complexity index is 4320. The monoisotopic (exact) mass is 996 g/mol. The summed E-state index contributed by atoms with van der Waals surface area (Å²) in [5.74, 6) is 0. The van der Waals surface area contributed by atoms with Crippen molar-refractivity contribution in [3.63, 3.8) is 0 Å². The van der Waals surface area contributed by atoms with E-state index in [2.05, 4.69) is 304 Å². The second-order valence-corrected chi connectivity index (χ2v) is 22.6. The van der Waals surface area contributed by atoms with Crippen LogP contribution in [0.15, 0.2) is 243 Å². The van der Waals surface area contributed by atoms with Crippen LogP contribution in [-0.2, 0) is 10.8 Å². The van der Waals surface area contributed by atoms with Crippen LogP contribution in [0.5, 0.6) is 0 Å². The van der Waals surface area contributed by atoms with Crippen molar-refractivity contribution in [2.45, 2.75) is 38.5 Å². The van der Waals surface area contributed by atoms with Gasteiger partial charge in [0.05, 0.1) is 22.1 Å². The molecule has 0 radical (unpaired) electrons. The summed E-state index contributed by atoms with van der Waals surface area (Å²) in [5, 5.41) is 5.06. The molecule has 0 amide bonds. The van der Waals surface area contributed by atoms with Crippen molar-refractivity contribution in [3.8, 4) is 55.9 Å². The molecule has 0 spiro atoms. The highest BCUT2D eigenvalue weighted by atomic mass is 15.0. The molecule has 15 rings (SSSR count). The Labute approximate surface area is 456 Å². The summed E-state index contributed by atoms with van der Waals surface area (Å²) >= 11 is 0. The maximum Gasteiger partial charge on any atom is 0.0541 e. The van der Waals surface area contributed by atoms with Crippen molar-refractivity contribution in [1.29, 1.82) is 0 Å². The molecule has 2 heteroatoms. The summed E-state index contributed by atoms with van der Waals surface area (Å²) in [7, 11) is 0. The van der Waals surface area contributed by atoms with E-state index in [1.54, 1.807) is 0 Å². The Morgan fingerprint density at radius 3 is 1.01 bits per heavy atom. The average Bonchev–Trinajstić information content (AvgIpc) is 4.09. The fourth-order valence-electron chi connectivity index (χ4n) is 13.2. The molecule has 0 aliphatic heterocycles. The largest absolute Gasteiger partial charge is 0.309 e. The third-order valence-electron chi connectivity index (χ3n) is 17.3. The summed E-state index contributed by atoms with van der Waals surface area (Å²) < 4.78 is 4.73. The zero-order chi connectivity index (χ0) is 52.3. The highest BCUT2D eigenvalue weighted by molar-refractivity contribution is 6.11. The van der Waals surface area contributed by atoms with Gasteiger partial charge in [-0.1, -0.05) is 210 Å². The number of rotatable bonds is 8. The Morgan fingerprint density at radius 1 is 0.256 bits per heavy atom. The van der Waals surface area contributed by atoms with Crippen molar-refractivity contribution in [2.75, 3.05) is 0 Å². The van der Waals surface area contributed by atoms with E-state index in [0.717, 1.165) is 0 Å². The molecule has 2 aromatic heterocycles. The van der Waals surface area contributed by atoms with E-state index in [-0.39, 0.29) is 10.8 Å². The quantitative estimate of drug-likeness (QED) is 0.134. The van der Waals surface area contributed by atoms with Crippen LogP contribution in [0.3, 0.4) is 0 Å². The van der Waals surface area contributed by atoms with Gasteiger partial charge in [0.15, 0.2) is 0 Å². The smallest absolute Gasteiger partial charge is 0.0541 e. The molecule has 0 atom stereocenters. The molecule has 78 heavy (non-hydrogen) atoms. The zero-order valence-electron chi connectivity index (χ0n) is 44.3. The molecule has 0 fully saturated rings. The van der Waals surface area contributed by atoms with Crippen LogP contribution in [0.1, 0.15) is 72.2 Å². The summed E-state index contributed by atoms with van der Waals surface area (Å²) in [6, 6.07) is 89.8.